The van der Waals surface area contributed by atoms with Crippen LogP contribution < -0.4 is 10.5 Å². The maximum atomic E-state index is 12.6. The SMILES string of the molecule is Cc1ccc(C)c(OC2CCN(C(=O)CC(N)c3ccccc3)CC2)c1. The number of ether oxygens (including phenoxy) is 1. The minimum Gasteiger partial charge on any atom is -0.490 e. The van der Waals surface area contributed by atoms with Gasteiger partial charge in [0.1, 0.15) is 11.9 Å². The number of nitrogens with two attached hydrogens (primary N) is 1. The van der Waals surface area contributed by atoms with Crippen molar-refractivity contribution in [2.24, 2.45) is 5.73 Å². The summed E-state index contributed by atoms with van der Waals surface area (Å²) in [5.74, 6) is 1.09. The third-order valence-electron chi connectivity index (χ3n) is 5.05. The minimum absolute atomic E-state index is 0.131. The Kier molecular flexibility index (Phi) is 5.94. The molecule has 0 bridgehead atoms. The highest BCUT2D eigenvalue weighted by Gasteiger charge is 2.25. The first-order valence-electron chi connectivity index (χ1n) is 9.35. The van der Waals surface area contributed by atoms with Gasteiger partial charge >= 0.3 is 0 Å². The number of rotatable bonds is 5. The Labute approximate surface area is 156 Å². The highest BCUT2D eigenvalue weighted by molar-refractivity contribution is 5.77. The molecule has 1 amide bonds. The summed E-state index contributed by atoms with van der Waals surface area (Å²) < 4.78 is 6.18. The lowest BCUT2D eigenvalue weighted by molar-refractivity contribution is -0.133. The summed E-state index contributed by atoms with van der Waals surface area (Å²) in [6.07, 6.45) is 2.24. The fraction of sp³-hybridized carbons (Fsp3) is 0.409. The van der Waals surface area contributed by atoms with Crippen LogP contribution in [0, 0.1) is 13.8 Å². The van der Waals surface area contributed by atoms with Gasteiger partial charge in [-0.2, -0.15) is 0 Å². The number of amides is 1. The lowest BCUT2D eigenvalue weighted by Crippen LogP contribution is -2.42. The molecule has 0 radical (unpaired) electrons. The molecule has 1 fully saturated rings. The number of likely N-dealkylation sites (tertiary alicyclic amines) is 1. The number of carbonyl (C=O) groups is 1. The maximum Gasteiger partial charge on any atom is 0.224 e. The van der Waals surface area contributed by atoms with E-state index in [-0.39, 0.29) is 18.1 Å². The molecule has 3 rings (SSSR count). The quantitative estimate of drug-likeness (QED) is 0.891. The summed E-state index contributed by atoms with van der Waals surface area (Å²) in [6.45, 7) is 5.60. The number of carbonyl (C=O) groups excluding carboxylic acids is 1. The van der Waals surface area contributed by atoms with Crippen molar-refractivity contribution < 1.29 is 9.53 Å². The van der Waals surface area contributed by atoms with Crippen LogP contribution in [0.15, 0.2) is 48.5 Å². The van der Waals surface area contributed by atoms with Crippen LogP contribution >= 0.6 is 0 Å². The normalized spacial score (nSPS) is 16.3. The fourth-order valence-corrected chi connectivity index (χ4v) is 3.37. The molecule has 1 aliphatic rings. The zero-order valence-electron chi connectivity index (χ0n) is 15.7. The van der Waals surface area contributed by atoms with Crippen LogP contribution in [0.5, 0.6) is 5.75 Å². The lowest BCUT2D eigenvalue weighted by atomic mass is 10.0. The molecule has 1 unspecified atom stereocenters. The van der Waals surface area contributed by atoms with Gasteiger partial charge in [0.05, 0.1) is 0 Å². The molecule has 4 heteroatoms. The molecule has 2 aromatic carbocycles. The van der Waals surface area contributed by atoms with E-state index in [2.05, 4.69) is 32.0 Å². The van der Waals surface area contributed by atoms with Crippen molar-refractivity contribution in [3.8, 4) is 5.75 Å². The molecule has 4 nitrogen and oxygen atoms in total. The van der Waals surface area contributed by atoms with Crippen LogP contribution in [-0.4, -0.2) is 30.0 Å². The Balaban J connectivity index is 1.50. The molecule has 0 aromatic heterocycles. The highest BCUT2D eigenvalue weighted by Crippen LogP contribution is 2.24. The van der Waals surface area contributed by atoms with Gasteiger partial charge in [-0.05, 0) is 36.6 Å². The van der Waals surface area contributed by atoms with E-state index in [1.165, 1.54) is 5.56 Å². The van der Waals surface area contributed by atoms with E-state index >= 15 is 0 Å². The Morgan fingerprint density at radius 2 is 1.85 bits per heavy atom. The van der Waals surface area contributed by atoms with Crippen molar-refractivity contribution in [3.63, 3.8) is 0 Å². The molecular formula is C22H28N2O2. The van der Waals surface area contributed by atoms with Gasteiger partial charge in [0, 0.05) is 38.4 Å². The summed E-state index contributed by atoms with van der Waals surface area (Å²) in [6, 6.07) is 15.8. The number of aryl methyl sites for hydroxylation is 2. The number of nitrogens with zero attached hydrogens (tertiary/aromatic N) is 1. The second-order valence-electron chi connectivity index (χ2n) is 7.19. The molecule has 0 spiro atoms. The zero-order valence-corrected chi connectivity index (χ0v) is 15.7. The molecule has 1 heterocycles. The summed E-state index contributed by atoms with van der Waals surface area (Å²) in [7, 11) is 0. The van der Waals surface area contributed by atoms with Gasteiger partial charge in [-0.15, -0.1) is 0 Å². The predicted octanol–water partition coefficient (Wildman–Crippen LogP) is 3.76. The van der Waals surface area contributed by atoms with E-state index in [4.69, 9.17) is 10.5 Å². The van der Waals surface area contributed by atoms with Gasteiger partial charge in [0.2, 0.25) is 5.91 Å². The van der Waals surface area contributed by atoms with Crippen LogP contribution in [0.3, 0.4) is 0 Å². The van der Waals surface area contributed by atoms with Gasteiger partial charge in [-0.25, -0.2) is 0 Å². The number of hydrogen-bond donors (Lipinski definition) is 1. The fourth-order valence-electron chi connectivity index (χ4n) is 3.37. The van der Waals surface area contributed by atoms with Gasteiger partial charge in [-0.3, -0.25) is 4.79 Å². The molecule has 1 saturated heterocycles. The first-order valence-corrected chi connectivity index (χ1v) is 9.35. The second-order valence-corrected chi connectivity index (χ2v) is 7.19. The van der Waals surface area contributed by atoms with Crippen molar-refractivity contribution in [1.29, 1.82) is 0 Å². The van der Waals surface area contributed by atoms with E-state index in [0.717, 1.165) is 42.8 Å². The van der Waals surface area contributed by atoms with Gasteiger partial charge in [0.15, 0.2) is 0 Å². The van der Waals surface area contributed by atoms with Crippen molar-refractivity contribution in [2.75, 3.05) is 13.1 Å². The Bertz CT molecular complexity index is 737. The average molecular weight is 352 g/mol. The molecule has 1 atom stereocenters. The van der Waals surface area contributed by atoms with Crippen molar-refractivity contribution >= 4 is 5.91 Å². The predicted molar refractivity (Wildman–Crippen MR) is 104 cm³/mol. The topological polar surface area (TPSA) is 55.6 Å². The van der Waals surface area contributed by atoms with E-state index in [9.17, 15) is 4.79 Å². The second kappa shape index (κ2) is 8.37. The monoisotopic (exact) mass is 352 g/mol. The molecule has 138 valence electrons. The first-order chi connectivity index (χ1) is 12.5. The molecule has 2 aromatic rings. The van der Waals surface area contributed by atoms with Gasteiger partial charge < -0.3 is 15.4 Å². The zero-order chi connectivity index (χ0) is 18.5. The molecule has 1 aliphatic heterocycles. The third kappa shape index (κ3) is 4.64. The van der Waals surface area contributed by atoms with Crippen LogP contribution in [-0.2, 0) is 4.79 Å². The molecule has 0 aliphatic carbocycles. The van der Waals surface area contributed by atoms with E-state index < -0.39 is 0 Å². The van der Waals surface area contributed by atoms with Crippen molar-refractivity contribution in [2.45, 2.75) is 45.3 Å². The summed E-state index contributed by atoms with van der Waals surface area (Å²) in [4.78, 5) is 14.5. The van der Waals surface area contributed by atoms with Crippen molar-refractivity contribution in [1.82, 2.24) is 4.90 Å². The average Bonchev–Trinajstić information content (AvgIpc) is 2.66. The Morgan fingerprint density at radius 3 is 2.54 bits per heavy atom. The Morgan fingerprint density at radius 1 is 1.15 bits per heavy atom. The third-order valence-corrected chi connectivity index (χ3v) is 5.05. The molecule has 2 N–H and O–H groups in total. The van der Waals surface area contributed by atoms with Crippen LogP contribution in [0.4, 0.5) is 0 Å². The summed E-state index contributed by atoms with van der Waals surface area (Å²) in [5.41, 5.74) is 9.56. The number of hydrogen-bond acceptors (Lipinski definition) is 3. The van der Waals surface area contributed by atoms with Crippen molar-refractivity contribution in [3.05, 3.63) is 65.2 Å². The summed E-state index contributed by atoms with van der Waals surface area (Å²) >= 11 is 0. The smallest absolute Gasteiger partial charge is 0.224 e. The van der Waals surface area contributed by atoms with Crippen LogP contribution in [0.2, 0.25) is 0 Å². The molecule has 0 saturated carbocycles. The van der Waals surface area contributed by atoms with Crippen LogP contribution in [0.25, 0.3) is 0 Å². The van der Waals surface area contributed by atoms with E-state index in [0.29, 0.717) is 6.42 Å². The first kappa shape index (κ1) is 18.5. The standard InChI is InChI=1S/C22H28N2O2/c1-16-8-9-17(2)21(14-16)26-19-10-12-24(13-11-19)22(25)15-20(23)18-6-4-3-5-7-18/h3-9,14,19-20H,10-13,15,23H2,1-2H3. The lowest BCUT2D eigenvalue weighted by Gasteiger charge is -2.33. The largest absolute Gasteiger partial charge is 0.490 e. The minimum atomic E-state index is -0.243. The van der Waals surface area contributed by atoms with E-state index in [1.54, 1.807) is 0 Å². The number of benzene rings is 2. The highest BCUT2D eigenvalue weighted by atomic mass is 16.5. The Hall–Kier alpha value is -2.33. The van der Waals surface area contributed by atoms with E-state index in [1.807, 2.05) is 35.2 Å². The molecular weight excluding hydrogens is 324 g/mol. The maximum absolute atomic E-state index is 12.6. The van der Waals surface area contributed by atoms with Gasteiger partial charge in [0.25, 0.3) is 0 Å². The van der Waals surface area contributed by atoms with Crippen LogP contribution in [0.1, 0.15) is 42.0 Å². The molecule has 26 heavy (non-hydrogen) atoms. The van der Waals surface area contributed by atoms with Gasteiger partial charge in [-0.1, -0.05) is 42.5 Å². The number of piperidine rings is 1. The summed E-state index contributed by atoms with van der Waals surface area (Å²) in [5, 5.41) is 0.